The Hall–Kier alpha value is -3.87. The molecule has 288 valence electrons. The van der Waals surface area contributed by atoms with Crippen molar-refractivity contribution in [2.75, 3.05) is 50.7 Å². The molecule has 4 fully saturated rings. The van der Waals surface area contributed by atoms with Crippen LogP contribution in [0.15, 0.2) is 54.7 Å². The Morgan fingerprint density at radius 2 is 1.52 bits per heavy atom. The Morgan fingerprint density at radius 1 is 0.870 bits per heavy atom. The average Bonchev–Trinajstić information content (AvgIpc) is 3.14. The summed E-state index contributed by atoms with van der Waals surface area (Å²) < 4.78 is 11.8. The van der Waals surface area contributed by atoms with Crippen LogP contribution in [0.2, 0.25) is 5.02 Å². The van der Waals surface area contributed by atoms with Crippen LogP contribution in [0.25, 0.3) is 0 Å². The van der Waals surface area contributed by atoms with E-state index in [1.165, 1.54) is 58.2 Å². The number of nitrogens with zero attached hydrogens (tertiary/aromatic N) is 6. The number of nitriles is 1. The predicted molar refractivity (Wildman–Crippen MR) is 213 cm³/mol. The van der Waals surface area contributed by atoms with Crippen LogP contribution in [0, 0.1) is 28.1 Å². The van der Waals surface area contributed by atoms with Crippen molar-refractivity contribution in [1.29, 1.82) is 5.26 Å². The molecule has 3 saturated heterocycles. The molecule has 1 amide bonds. The fraction of sp³-hybridized carbons (Fsp3) is 0.591. The summed E-state index contributed by atoms with van der Waals surface area (Å²) in [6, 6.07) is 17.8. The van der Waals surface area contributed by atoms with Gasteiger partial charge in [0.05, 0.1) is 17.3 Å². The third-order valence-electron chi connectivity index (χ3n) is 12.9. The van der Waals surface area contributed by atoms with Crippen molar-refractivity contribution in [2.45, 2.75) is 104 Å². The van der Waals surface area contributed by atoms with E-state index in [1.807, 2.05) is 62.2 Å². The highest BCUT2D eigenvalue weighted by molar-refractivity contribution is 6.30. The number of carbonyl (C=O) groups excluding carboxylic acids is 1. The van der Waals surface area contributed by atoms with Crippen LogP contribution in [0.5, 0.6) is 5.75 Å². The zero-order valence-electron chi connectivity index (χ0n) is 32.9. The van der Waals surface area contributed by atoms with Gasteiger partial charge in [0.2, 0.25) is 5.95 Å². The fourth-order valence-electron chi connectivity index (χ4n) is 9.37. The molecule has 10 heteroatoms. The average molecular weight is 753 g/mol. The number of amides is 1. The third-order valence-corrected chi connectivity index (χ3v) is 13.1. The number of likely N-dealkylation sites (tertiary alicyclic amines) is 2. The lowest BCUT2D eigenvalue weighted by Gasteiger charge is -2.54. The highest BCUT2D eigenvalue weighted by Gasteiger charge is 2.47. The van der Waals surface area contributed by atoms with Crippen LogP contribution in [-0.4, -0.2) is 77.3 Å². The molecule has 2 spiro atoms. The maximum atomic E-state index is 12.5. The second-order valence-electron chi connectivity index (χ2n) is 18.2. The van der Waals surface area contributed by atoms with Crippen molar-refractivity contribution >= 4 is 23.6 Å². The van der Waals surface area contributed by atoms with Crippen LogP contribution >= 0.6 is 11.6 Å². The van der Waals surface area contributed by atoms with Crippen LogP contribution in [0.3, 0.4) is 0 Å². The van der Waals surface area contributed by atoms with Gasteiger partial charge in [-0.2, -0.15) is 5.26 Å². The van der Waals surface area contributed by atoms with Crippen LogP contribution in [0.4, 0.5) is 10.7 Å². The molecule has 7 rings (SSSR count). The van der Waals surface area contributed by atoms with E-state index in [9.17, 15) is 10.1 Å². The van der Waals surface area contributed by atoms with E-state index >= 15 is 0 Å². The van der Waals surface area contributed by atoms with Gasteiger partial charge in [-0.15, -0.1) is 0 Å². The van der Waals surface area contributed by atoms with E-state index in [-0.39, 0.29) is 11.5 Å². The van der Waals surface area contributed by atoms with Crippen LogP contribution in [0.1, 0.15) is 108 Å². The molecule has 0 bridgehead atoms. The molecule has 54 heavy (non-hydrogen) atoms. The Labute approximate surface area is 327 Å². The first-order valence-corrected chi connectivity index (χ1v) is 20.3. The quantitative estimate of drug-likeness (QED) is 0.225. The topological polar surface area (TPSA) is 94.8 Å². The van der Waals surface area contributed by atoms with Gasteiger partial charge in [0.1, 0.15) is 18.0 Å². The molecule has 1 aromatic heterocycles. The Bertz CT molecular complexity index is 1820. The van der Waals surface area contributed by atoms with Gasteiger partial charge in [0.25, 0.3) is 0 Å². The van der Waals surface area contributed by atoms with E-state index in [2.05, 4.69) is 46.8 Å². The van der Waals surface area contributed by atoms with Crippen molar-refractivity contribution in [3.8, 4) is 11.8 Å². The van der Waals surface area contributed by atoms with Gasteiger partial charge in [-0.1, -0.05) is 37.6 Å². The van der Waals surface area contributed by atoms with Gasteiger partial charge >= 0.3 is 6.09 Å². The zero-order chi connectivity index (χ0) is 38.1. The first-order valence-electron chi connectivity index (χ1n) is 19.9. The molecule has 0 radical (unpaired) electrons. The molecule has 1 saturated carbocycles. The summed E-state index contributed by atoms with van der Waals surface area (Å²) in [4.78, 5) is 29.1. The Balaban J connectivity index is 0.834. The second-order valence-corrected chi connectivity index (χ2v) is 18.6. The minimum atomic E-state index is -0.434. The van der Waals surface area contributed by atoms with Gasteiger partial charge < -0.3 is 24.2 Å². The van der Waals surface area contributed by atoms with E-state index in [1.54, 1.807) is 6.07 Å². The second kappa shape index (κ2) is 15.3. The first-order chi connectivity index (χ1) is 25.7. The summed E-state index contributed by atoms with van der Waals surface area (Å²) in [6.45, 7) is 17.8. The highest BCUT2D eigenvalue weighted by Crippen LogP contribution is 2.53. The molecular formula is C44H57ClN6O3. The normalized spacial score (nSPS) is 20.4. The molecule has 4 aliphatic rings. The number of piperidine rings is 3. The summed E-state index contributed by atoms with van der Waals surface area (Å²) in [5, 5.41) is 9.97. The van der Waals surface area contributed by atoms with Crippen molar-refractivity contribution in [3.63, 3.8) is 0 Å². The minimum Gasteiger partial charge on any atom is -0.487 e. The number of ether oxygens (including phenoxy) is 2. The third kappa shape index (κ3) is 8.81. The number of benzene rings is 2. The number of carbonyl (C=O) groups is 1. The number of halogens is 1. The van der Waals surface area contributed by atoms with E-state index in [4.69, 9.17) is 26.1 Å². The van der Waals surface area contributed by atoms with Crippen LogP contribution in [-0.2, 0) is 16.8 Å². The number of hydrogen-bond acceptors (Lipinski definition) is 8. The Morgan fingerprint density at radius 3 is 2.17 bits per heavy atom. The number of aromatic nitrogens is 2. The largest absolute Gasteiger partial charge is 0.487 e. The molecule has 0 atom stereocenters. The monoisotopic (exact) mass is 752 g/mol. The minimum absolute atomic E-state index is 0.153. The molecule has 1 aliphatic carbocycles. The first kappa shape index (κ1) is 38.4. The fourth-order valence-corrected chi connectivity index (χ4v) is 9.61. The lowest BCUT2D eigenvalue weighted by Crippen LogP contribution is -2.53. The smallest absolute Gasteiger partial charge is 0.410 e. The molecular weight excluding hydrogens is 696 g/mol. The maximum absolute atomic E-state index is 12.5. The van der Waals surface area contributed by atoms with E-state index in [0.717, 1.165) is 73.5 Å². The summed E-state index contributed by atoms with van der Waals surface area (Å²) >= 11 is 6.31. The molecule has 9 nitrogen and oxygen atoms in total. The van der Waals surface area contributed by atoms with Crippen molar-refractivity contribution < 1.29 is 14.3 Å². The van der Waals surface area contributed by atoms with Gasteiger partial charge in [-0.3, -0.25) is 0 Å². The zero-order valence-corrected chi connectivity index (χ0v) is 33.6. The number of rotatable bonds is 8. The van der Waals surface area contributed by atoms with E-state index in [0.29, 0.717) is 28.0 Å². The maximum Gasteiger partial charge on any atom is 0.410 e. The molecule has 3 aromatic rings. The van der Waals surface area contributed by atoms with Crippen LogP contribution < -0.4 is 9.64 Å². The van der Waals surface area contributed by atoms with Gasteiger partial charge in [-0.25, -0.2) is 14.8 Å². The molecule has 3 aliphatic heterocycles. The summed E-state index contributed by atoms with van der Waals surface area (Å²) in [5.41, 5.74) is 3.66. The van der Waals surface area contributed by atoms with Crippen molar-refractivity contribution in [2.24, 2.45) is 16.7 Å². The van der Waals surface area contributed by atoms with Gasteiger partial charge in [0.15, 0.2) is 0 Å². The molecule has 0 N–H and O–H groups in total. The van der Waals surface area contributed by atoms with Crippen molar-refractivity contribution in [3.05, 3.63) is 82.1 Å². The predicted octanol–water partition coefficient (Wildman–Crippen LogP) is 9.02. The molecule has 0 unspecified atom stereocenters. The number of anilines is 1. The summed E-state index contributed by atoms with van der Waals surface area (Å²) in [7, 11) is 0. The Kier molecular flexibility index (Phi) is 10.9. The lowest BCUT2D eigenvalue weighted by molar-refractivity contribution is -0.0409. The molecule has 2 aromatic carbocycles. The van der Waals surface area contributed by atoms with Gasteiger partial charge in [-0.05, 0) is 150 Å². The van der Waals surface area contributed by atoms with Gasteiger partial charge in [0, 0.05) is 49.4 Å². The highest BCUT2D eigenvalue weighted by atomic mass is 35.5. The van der Waals surface area contributed by atoms with Crippen molar-refractivity contribution in [1.82, 2.24) is 19.8 Å². The standard InChI is InChI=1S/C44H57ClN6O3/c1-41(2,3)54-40(52)51-22-15-44(16-23-51)27-33(28-44)30-49-18-11-43(12-19-49)13-20-50(21-14-43)39-47-17-10-37(48-39)31-53-38-8-6-34(7-9-38)42(4,5)35-24-32(29-46)25-36(45)26-35/h6-10,17,24-26,33H,11-16,18-23,27-28,30-31H2,1-5H3. The molecule has 4 heterocycles. The summed E-state index contributed by atoms with van der Waals surface area (Å²) in [5.74, 6) is 2.38. The number of hydrogen-bond donors (Lipinski definition) is 0. The summed E-state index contributed by atoms with van der Waals surface area (Å²) in [6.07, 6.45) is 11.5. The lowest BCUT2D eigenvalue weighted by atomic mass is 9.57. The SMILES string of the molecule is CC(C)(C)OC(=O)N1CCC2(CC1)CC(CN1CCC3(CC1)CCN(c1nccc(COc4ccc(C(C)(C)c5cc(Cl)cc(C#N)c5)cc4)n1)CC3)C2. The van der Waals surface area contributed by atoms with E-state index < -0.39 is 5.60 Å².